The van der Waals surface area contributed by atoms with E-state index in [2.05, 4.69) is 6.58 Å². The quantitative estimate of drug-likeness (QED) is 0.755. The number of carboxylic acids is 1. The molecule has 0 aliphatic rings. The molecule has 3 heteroatoms. The highest BCUT2D eigenvalue weighted by atomic mass is 19.1. The first kappa shape index (κ1) is 11.4. The molecule has 0 fully saturated rings. The smallest absolute Gasteiger partial charge is 0.310 e. The maximum Gasteiger partial charge on any atom is 0.310 e. The number of carboxylic acid groups (broad SMARTS) is 1. The molecule has 0 radical (unpaired) electrons. The van der Waals surface area contributed by atoms with Crippen LogP contribution >= 0.6 is 0 Å². The van der Waals surface area contributed by atoms with Crippen LogP contribution in [0.3, 0.4) is 0 Å². The van der Waals surface area contributed by atoms with E-state index >= 15 is 0 Å². The molecule has 1 atom stereocenters. The third kappa shape index (κ3) is 3.20. The van der Waals surface area contributed by atoms with E-state index in [1.54, 1.807) is 6.08 Å². The van der Waals surface area contributed by atoms with Crippen molar-refractivity contribution in [3.05, 3.63) is 48.3 Å². The van der Waals surface area contributed by atoms with Gasteiger partial charge in [-0.3, -0.25) is 4.79 Å². The zero-order chi connectivity index (χ0) is 11.3. The number of halogens is 1. The van der Waals surface area contributed by atoms with Crippen LogP contribution in [0.2, 0.25) is 0 Å². The third-order valence-corrected chi connectivity index (χ3v) is 2.23. The van der Waals surface area contributed by atoms with Gasteiger partial charge in [0, 0.05) is 0 Å². The van der Waals surface area contributed by atoms with Crippen molar-refractivity contribution in [2.24, 2.45) is 0 Å². The Morgan fingerprint density at radius 2 is 2.07 bits per heavy atom. The number of allylic oxidation sites excluding steroid dienone is 1. The van der Waals surface area contributed by atoms with Crippen LogP contribution in [0.5, 0.6) is 0 Å². The zero-order valence-electron chi connectivity index (χ0n) is 8.32. The molecule has 0 bridgehead atoms. The van der Waals surface area contributed by atoms with Gasteiger partial charge in [0.25, 0.3) is 0 Å². The Balaban J connectivity index is 2.83. The summed E-state index contributed by atoms with van der Waals surface area (Å²) < 4.78 is 12.6. The number of aliphatic carboxylic acids is 1. The minimum absolute atomic E-state index is 0.355. The number of hydrogen-bond donors (Lipinski definition) is 1. The molecule has 0 aromatic heterocycles. The highest BCUT2D eigenvalue weighted by molar-refractivity contribution is 5.76. The lowest BCUT2D eigenvalue weighted by Gasteiger charge is -2.11. The molecule has 80 valence electrons. The predicted molar refractivity (Wildman–Crippen MR) is 56.2 cm³/mol. The van der Waals surface area contributed by atoms with Gasteiger partial charge in [-0.1, -0.05) is 18.2 Å². The average Bonchev–Trinajstić information content (AvgIpc) is 2.21. The lowest BCUT2D eigenvalue weighted by molar-refractivity contribution is -0.138. The number of rotatable bonds is 5. The van der Waals surface area contributed by atoms with E-state index in [1.807, 2.05) is 0 Å². The zero-order valence-corrected chi connectivity index (χ0v) is 8.32. The minimum Gasteiger partial charge on any atom is -0.481 e. The Morgan fingerprint density at radius 3 is 2.53 bits per heavy atom. The van der Waals surface area contributed by atoms with Crippen LogP contribution in [0.4, 0.5) is 4.39 Å². The monoisotopic (exact) mass is 208 g/mol. The van der Waals surface area contributed by atoms with Gasteiger partial charge in [0.1, 0.15) is 5.82 Å². The van der Waals surface area contributed by atoms with Crippen molar-refractivity contribution in [2.75, 3.05) is 0 Å². The third-order valence-electron chi connectivity index (χ3n) is 2.23. The van der Waals surface area contributed by atoms with Crippen LogP contribution in [0.1, 0.15) is 24.3 Å². The molecule has 1 aromatic carbocycles. The number of carbonyl (C=O) groups is 1. The summed E-state index contributed by atoms with van der Waals surface area (Å²) in [7, 11) is 0. The molecule has 0 spiro atoms. The predicted octanol–water partition coefficient (Wildman–Crippen LogP) is 2.96. The molecule has 1 rings (SSSR count). The molecule has 1 unspecified atom stereocenters. The summed E-state index contributed by atoms with van der Waals surface area (Å²) in [6.45, 7) is 3.55. The Kier molecular flexibility index (Phi) is 4.03. The van der Waals surface area contributed by atoms with Crippen LogP contribution in [0.15, 0.2) is 36.9 Å². The maximum absolute atomic E-state index is 12.6. The van der Waals surface area contributed by atoms with Crippen LogP contribution in [-0.4, -0.2) is 11.1 Å². The molecule has 0 amide bonds. The lowest BCUT2D eigenvalue weighted by atomic mass is 9.94. The largest absolute Gasteiger partial charge is 0.481 e. The summed E-state index contributed by atoms with van der Waals surface area (Å²) in [6.07, 6.45) is 2.80. The van der Waals surface area contributed by atoms with Crippen LogP contribution < -0.4 is 0 Å². The van der Waals surface area contributed by atoms with E-state index in [0.29, 0.717) is 18.4 Å². The van der Waals surface area contributed by atoms with Crippen molar-refractivity contribution in [2.45, 2.75) is 18.8 Å². The molecule has 2 nitrogen and oxygen atoms in total. The van der Waals surface area contributed by atoms with Crippen LogP contribution in [0.25, 0.3) is 0 Å². The normalized spacial score (nSPS) is 12.1. The van der Waals surface area contributed by atoms with E-state index < -0.39 is 11.9 Å². The van der Waals surface area contributed by atoms with E-state index in [1.165, 1.54) is 24.3 Å². The highest BCUT2D eigenvalue weighted by Crippen LogP contribution is 2.22. The minimum atomic E-state index is -0.886. The first-order valence-electron chi connectivity index (χ1n) is 4.74. The molecule has 1 aromatic rings. The van der Waals surface area contributed by atoms with Gasteiger partial charge in [-0.05, 0) is 30.5 Å². The Labute approximate surface area is 88.1 Å². The van der Waals surface area contributed by atoms with Crippen molar-refractivity contribution in [1.82, 2.24) is 0 Å². The van der Waals surface area contributed by atoms with Gasteiger partial charge in [0.05, 0.1) is 5.92 Å². The van der Waals surface area contributed by atoms with Crippen molar-refractivity contribution >= 4 is 5.97 Å². The fraction of sp³-hybridized carbons (Fsp3) is 0.250. The first-order chi connectivity index (χ1) is 7.15. The summed E-state index contributed by atoms with van der Waals surface area (Å²) >= 11 is 0. The summed E-state index contributed by atoms with van der Waals surface area (Å²) in [5.74, 6) is -1.82. The van der Waals surface area contributed by atoms with E-state index in [9.17, 15) is 9.18 Å². The fourth-order valence-electron chi connectivity index (χ4n) is 1.41. The molecule has 0 saturated carbocycles. The second-order valence-corrected chi connectivity index (χ2v) is 3.31. The molecule has 0 heterocycles. The standard InChI is InChI=1S/C12H13FO2/c1-2-3-4-11(12(14)15)9-5-7-10(13)8-6-9/h2,5-8,11H,1,3-4H2,(H,14,15). The highest BCUT2D eigenvalue weighted by Gasteiger charge is 2.18. The van der Waals surface area contributed by atoms with Gasteiger partial charge < -0.3 is 5.11 Å². The Hall–Kier alpha value is -1.64. The first-order valence-corrected chi connectivity index (χ1v) is 4.74. The van der Waals surface area contributed by atoms with Gasteiger partial charge in [-0.25, -0.2) is 4.39 Å². The van der Waals surface area contributed by atoms with Crippen molar-refractivity contribution in [3.63, 3.8) is 0 Å². The van der Waals surface area contributed by atoms with Crippen molar-refractivity contribution in [1.29, 1.82) is 0 Å². The summed E-state index contributed by atoms with van der Waals surface area (Å²) in [5.41, 5.74) is 0.630. The Morgan fingerprint density at radius 1 is 1.47 bits per heavy atom. The number of benzene rings is 1. The van der Waals surface area contributed by atoms with Gasteiger partial charge >= 0.3 is 5.97 Å². The Bertz CT molecular complexity index is 343. The SMILES string of the molecule is C=CCCC(C(=O)O)c1ccc(F)cc1. The van der Waals surface area contributed by atoms with Crippen LogP contribution in [-0.2, 0) is 4.79 Å². The topological polar surface area (TPSA) is 37.3 Å². The summed E-state index contributed by atoms with van der Waals surface area (Å²) in [6, 6.07) is 5.58. The summed E-state index contributed by atoms with van der Waals surface area (Å²) in [4.78, 5) is 11.0. The fourth-order valence-corrected chi connectivity index (χ4v) is 1.41. The molecular formula is C12H13FO2. The van der Waals surface area contributed by atoms with Gasteiger partial charge in [0.15, 0.2) is 0 Å². The van der Waals surface area contributed by atoms with Crippen LogP contribution in [0, 0.1) is 5.82 Å². The van der Waals surface area contributed by atoms with Crippen molar-refractivity contribution < 1.29 is 14.3 Å². The number of hydrogen-bond acceptors (Lipinski definition) is 1. The van der Waals surface area contributed by atoms with Crippen molar-refractivity contribution in [3.8, 4) is 0 Å². The molecule has 0 saturated heterocycles. The van der Waals surface area contributed by atoms with E-state index in [4.69, 9.17) is 5.11 Å². The molecule has 0 aliphatic carbocycles. The van der Waals surface area contributed by atoms with E-state index in [0.717, 1.165) is 0 Å². The van der Waals surface area contributed by atoms with E-state index in [-0.39, 0.29) is 5.82 Å². The molecular weight excluding hydrogens is 195 g/mol. The molecule has 15 heavy (non-hydrogen) atoms. The average molecular weight is 208 g/mol. The van der Waals surface area contributed by atoms with Gasteiger partial charge in [0.2, 0.25) is 0 Å². The van der Waals surface area contributed by atoms with Gasteiger partial charge in [-0.2, -0.15) is 0 Å². The second-order valence-electron chi connectivity index (χ2n) is 3.31. The summed E-state index contributed by atoms with van der Waals surface area (Å²) in [5, 5.41) is 8.99. The molecule has 0 aliphatic heterocycles. The molecule has 1 N–H and O–H groups in total. The second kappa shape index (κ2) is 5.29. The maximum atomic E-state index is 12.6. The van der Waals surface area contributed by atoms with Gasteiger partial charge in [-0.15, -0.1) is 6.58 Å². The lowest BCUT2D eigenvalue weighted by Crippen LogP contribution is -2.11.